The summed E-state index contributed by atoms with van der Waals surface area (Å²) in [6.07, 6.45) is -1.42. The summed E-state index contributed by atoms with van der Waals surface area (Å²) in [4.78, 5) is 44.4. The number of alkyl halides is 2. The lowest BCUT2D eigenvalue weighted by Gasteiger charge is -2.24. The molecule has 2 N–H and O–H groups in total. The fourth-order valence-corrected chi connectivity index (χ4v) is 2.62. The Bertz CT molecular complexity index is 954. The zero-order valence-corrected chi connectivity index (χ0v) is 17.9. The highest BCUT2D eigenvalue weighted by Gasteiger charge is 2.27. The van der Waals surface area contributed by atoms with Crippen LogP contribution in [0.4, 0.5) is 5.69 Å². The van der Waals surface area contributed by atoms with E-state index in [-0.39, 0.29) is 16.8 Å². The highest BCUT2D eigenvalue weighted by Crippen LogP contribution is 2.21. The average molecular weight is 485 g/mol. The molecule has 0 aliphatic rings. The number of carbonyl (C=O) groups is 3. The maximum absolute atomic E-state index is 12.0. The van der Waals surface area contributed by atoms with Crippen molar-refractivity contribution in [3.05, 3.63) is 75.8 Å². The van der Waals surface area contributed by atoms with Crippen LogP contribution in [-0.2, 0) is 19.1 Å². The van der Waals surface area contributed by atoms with Crippen molar-refractivity contribution < 1.29 is 33.9 Å². The molecule has 32 heavy (non-hydrogen) atoms. The van der Waals surface area contributed by atoms with E-state index in [0.717, 1.165) is 0 Å². The Morgan fingerprint density at radius 3 is 2.22 bits per heavy atom. The number of halogens is 2. The Hall–Kier alpha value is -3.21. The number of aliphatic hydroxyl groups excluding tert-OH is 1. The number of nitro benzene ring substituents is 1. The number of ether oxygens (including phenoxy) is 2. The largest absolute Gasteiger partial charge is 0.461 e. The van der Waals surface area contributed by atoms with Crippen LogP contribution < -0.4 is 5.32 Å². The average Bonchev–Trinajstić information content (AvgIpc) is 2.80. The van der Waals surface area contributed by atoms with Crippen LogP contribution in [0.25, 0.3) is 0 Å². The van der Waals surface area contributed by atoms with Gasteiger partial charge in [0.15, 0.2) is 11.4 Å². The van der Waals surface area contributed by atoms with Crippen LogP contribution in [0.1, 0.15) is 22.0 Å². The van der Waals surface area contributed by atoms with Gasteiger partial charge >= 0.3 is 11.9 Å². The lowest BCUT2D eigenvalue weighted by molar-refractivity contribution is -0.384. The number of hydrogen-bond donors (Lipinski definition) is 2. The maximum atomic E-state index is 12.0. The van der Waals surface area contributed by atoms with Gasteiger partial charge in [-0.1, -0.05) is 41.4 Å². The molecule has 1 amide bonds. The van der Waals surface area contributed by atoms with Gasteiger partial charge in [0, 0.05) is 12.1 Å². The van der Waals surface area contributed by atoms with Crippen molar-refractivity contribution in [1.29, 1.82) is 0 Å². The van der Waals surface area contributed by atoms with Gasteiger partial charge in [0.1, 0.15) is 12.7 Å². The lowest BCUT2D eigenvalue weighted by atomic mass is 10.0. The molecule has 0 fully saturated rings. The molecule has 2 aromatic carbocycles. The second-order valence-corrected chi connectivity index (χ2v) is 7.43. The molecule has 0 spiro atoms. The summed E-state index contributed by atoms with van der Waals surface area (Å²) in [6, 6.07) is 11.7. The molecule has 0 saturated heterocycles. The van der Waals surface area contributed by atoms with Gasteiger partial charge in [-0.25, -0.2) is 9.59 Å². The Morgan fingerprint density at radius 2 is 1.66 bits per heavy atom. The molecule has 2 atom stereocenters. The van der Waals surface area contributed by atoms with E-state index in [1.165, 1.54) is 36.4 Å². The molecular weight excluding hydrogens is 467 g/mol. The third-order valence-corrected chi connectivity index (χ3v) is 4.50. The molecule has 0 unspecified atom stereocenters. The Morgan fingerprint density at radius 1 is 1.03 bits per heavy atom. The standard InChI is InChI=1S/C20H18Cl2N2O8/c21-18(22)19(27)23-15(17(26)12-6-8-14(9-7-12)24(29)30)10-31-16(25)11-32-20(28)13-4-2-1-3-5-13/h1-9,15,17-18,26H,10-11H2,(H,23,27)/t15-,17-/m1/s1. The predicted octanol–water partition coefficient (Wildman–Crippen LogP) is 2.32. The van der Waals surface area contributed by atoms with Crippen LogP contribution in [0.15, 0.2) is 54.6 Å². The van der Waals surface area contributed by atoms with Gasteiger partial charge in [0.05, 0.1) is 16.5 Å². The van der Waals surface area contributed by atoms with Gasteiger partial charge in [-0.15, -0.1) is 0 Å². The zero-order chi connectivity index (χ0) is 23.7. The van der Waals surface area contributed by atoms with E-state index in [2.05, 4.69) is 5.32 Å². The summed E-state index contributed by atoms with van der Waals surface area (Å²) in [5, 5.41) is 23.7. The second-order valence-electron chi connectivity index (χ2n) is 6.33. The number of carbonyl (C=O) groups excluding carboxylic acids is 3. The number of benzene rings is 2. The van der Waals surface area contributed by atoms with Crippen molar-refractivity contribution in [2.24, 2.45) is 0 Å². The first kappa shape index (κ1) is 25.1. The monoisotopic (exact) mass is 484 g/mol. The van der Waals surface area contributed by atoms with Crippen LogP contribution in [0.5, 0.6) is 0 Å². The summed E-state index contributed by atoms with van der Waals surface area (Å²) in [6.45, 7) is -1.22. The molecule has 0 radical (unpaired) electrons. The third-order valence-electron chi connectivity index (χ3n) is 4.11. The summed E-state index contributed by atoms with van der Waals surface area (Å²) in [7, 11) is 0. The number of esters is 2. The van der Waals surface area contributed by atoms with E-state index in [4.69, 9.17) is 32.7 Å². The number of nitrogens with zero attached hydrogens (tertiary/aromatic N) is 1. The molecule has 2 aromatic rings. The molecule has 0 heterocycles. The number of non-ortho nitro benzene ring substituents is 1. The van der Waals surface area contributed by atoms with Crippen LogP contribution in [0, 0.1) is 10.1 Å². The normalized spacial score (nSPS) is 12.5. The SMILES string of the molecule is O=C(COC(=O)c1ccccc1)OC[C@@H](NC(=O)C(Cl)Cl)[C@H](O)c1ccc([N+](=O)[O-])cc1. The number of amides is 1. The van der Waals surface area contributed by atoms with Gasteiger partial charge in [0.2, 0.25) is 0 Å². The molecule has 0 bridgehead atoms. The first-order chi connectivity index (χ1) is 15.2. The van der Waals surface area contributed by atoms with Crippen molar-refractivity contribution in [3.8, 4) is 0 Å². The van der Waals surface area contributed by atoms with Crippen molar-refractivity contribution in [1.82, 2.24) is 5.32 Å². The Kier molecular flexibility index (Phi) is 9.39. The van der Waals surface area contributed by atoms with Gasteiger partial charge in [-0.3, -0.25) is 14.9 Å². The van der Waals surface area contributed by atoms with Crippen LogP contribution >= 0.6 is 23.2 Å². The minimum atomic E-state index is -1.45. The van der Waals surface area contributed by atoms with Crippen LogP contribution in [0.3, 0.4) is 0 Å². The van der Waals surface area contributed by atoms with Crippen LogP contribution in [0.2, 0.25) is 0 Å². The quantitative estimate of drug-likeness (QED) is 0.226. The molecule has 2 rings (SSSR count). The number of rotatable bonds is 10. The summed E-state index contributed by atoms with van der Waals surface area (Å²) < 4.78 is 9.84. The number of nitrogens with one attached hydrogen (secondary N) is 1. The fourth-order valence-electron chi connectivity index (χ4n) is 2.49. The van der Waals surface area contributed by atoms with E-state index >= 15 is 0 Å². The second kappa shape index (κ2) is 12.0. The molecule has 170 valence electrons. The van der Waals surface area contributed by atoms with E-state index in [1.54, 1.807) is 18.2 Å². The number of aliphatic hydroxyl groups is 1. The summed E-state index contributed by atoms with van der Waals surface area (Å²) in [5.41, 5.74) is 0.247. The molecule has 0 aromatic heterocycles. The lowest BCUT2D eigenvalue weighted by Crippen LogP contribution is -2.45. The van der Waals surface area contributed by atoms with E-state index < -0.39 is 53.0 Å². The highest BCUT2D eigenvalue weighted by atomic mass is 35.5. The van der Waals surface area contributed by atoms with Crippen LogP contribution in [-0.4, -0.2) is 52.0 Å². The van der Waals surface area contributed by atoms with Crippen molar-refractivity contribution in [3.63, 3.8) is 0 Å². The zero-order valence-electron chi connectivity index (χ0n) is 16.4. The van der Waals surface area contributed by atoms with Gasteiger partial charge in [-0.05, 0) is 29.8 Å². The minimum Gasteiger partial charge on any atom is -0.461 e. The third kappa shape index (κ3) is 7.49. The van der Waals surface area contributed by atoms with Gasteiger partial charge in [0.25, 0.3) is 11.6 Å². The fraction of sp³-hybridized carbons (Fsp3) is 0.250. The van der Waals surface area contributed by atoms with E-state index in [0.29, 0.717) is 0 Å². The van der Waals surface area contributed by atoms with Crippen molar-refractivity contribution >= 4 is 46.7 Å². The van der Waals surface area contributed by atoms with Crippen molar-refractivity contribution in [2.75, 3.05) is 13.2 Å². The summed E-state index contributed by atoms with van der Waals surface area (Å²) in [5.74, 6) is -2.52. The van der Waals surface area contributed by atoms with Crippen molar-refractivity contribution in [2.45, 2.75) is 17.0 Å². The Labute approximate surface area is 192 Å². The number of hydrogen-bond acceptors (Lipinski definition) is 8. The topological polar surface area (TPSA) is 145 Å². The summed E-state index contributed by atoms with van der Waals surface area (Å²) >= 11 is 11.0. The predicted molar refractivity (Wildman–Crippen MR) is 113 cm³/mol. The first-order valence-corrected chi connectivity index (χ1v) is 9.95. The molecule has 12 heteroatoms. The maximum Gasteiger partial charge on any atom is 0.344 e. The number of nitro groups is 1. The molecule has 10 nitrogen and oxygen atoms in total. The molecule has 0 saturated carbocycles. The molecular formula is C20H18Cl2N2O8. The van der Waals surface area contributed by atoms with E-state index in [9.17, 15) is 29.6 Å². The van der Waals surface area contributed by atoms with Gasteiger partial charge in [-0.2, -0.15) is 0 Å². The van der Waals surface area contributed by atoms with Gasteiger partial charge < -0.3 is 19.9 Å². The first-order valence-electron chi connectivity index (χ1n) is 9.07. The molecule has 0 aliphatic carbocycles. The van der Waals surface area contributed by atoms with E-state index in [1.807, 2.05) is 0 Å². The minimum absolute atomic E-state index is 0.199. The Balaban J connectivity index is 1.99. The molecule has 0 aliphatic heterocycles. The smallest absolute Gasteiger partial charge is 0.344 e. The highest BCUT2D eigenvalue weighted by molar-refractivity contribution is 6.53.